The molecule has 0 aliphatic carbocycles. The van der Waals surface area contributed by atoms with Gasteiger partial charge in [-0.1, -0.05) is 46.8 Å². The number of hydrogen-bond acceptors (Lipinski definition) is 7. The molecule has 0 aliphatic rings. The fraction of sp³-hybridized carbons (Fsp3) is 0.485. The van der Waals surface area contributed by atoms with Crippen molar-refractivity contribution < 1.29 is 38.9 Å². The van der Waals surface area contributed by atoms with E-state index in [1.165, 1.54) is 0 Å². The Morgan fingerprint density at radius 3 is 1.83 bits per heavy atom. The maximum Gasteiger partial charge on any atom is 0.327 e. The Morgan fingerprint density at radius 2 is 1.35 bits per heavy atom. The number of anilines is 2. The molecule has 0 aromatic heterocycles. The van der Waals surface area contributed by atoms with Crippen LogP contribution in [0.1, 0.15) is 65.4 Å². The average molecular weight is 642 g/mol. The first-order valence-corrected chi connectivity index (χ1v) is 15.2. The first-order valence-electron chi connectivity index (χ1n) is 15.2. The van der Waals surface area contributed by atoms with Crippen molar-refractivity contribution in [1.82, 2.24) is 16.0 Å². The van der Waals surface area contributed by atoms with Crippen LogP contribution in [-0.2, 0) is 19.2 Å². The van der Waals surface area contributed by atoms with Crippen LogP contribution in [0, 0.1) is 11.3 Å². The lowest BCUT2D eigenvalue weighted by Gasteiger charge is -2.23. The van der Waals surface area contributed by atoms with Crippen LogP contribution in [0.4, 0.5) is 16.2 Å². The van der Waals surface area contributed by atoms with E-state index >= 15 is 0 Å². The van der Waals surface area contributed by atoms with Crippen molar-refractivity contribution in [2.75, 3.05) is 30.8 Å². The van der Waals surface area contributed by atoms with Crippen molar-refractivity contribution in [3.8, 4) is 5.75 Å². The van der Waals surface area contributed by atoms with E-state index in [-0.39, 0.29) is 43.2 Å². The SMILES string of the molecule is COc1ccc(NC(=O)Nc2ccc(C(CC(C)C)C(=O)NC(CNCCC(NC(=O)CC(C)(C)C)C(=O)O)C(=O)O)cc2)cc1. The molecule has 7 N–H and O–H groups in total. The molecule has 0 fully saturated rings. The minimum atomic E-state index is -1.27. The van der Waals surface area contributed by atoms with Gasteiger partial charge in [-0.05, 0) is 72.7 Å². The van der Waals surface area contributed by atoms with Gasteiger partial charge in [-0.15, -0.1) is 0 Å². The molecule has 0 spiro atoms. The number of nitrogens with one attached hydrogen (secondary N) is 5. The predicted octanol–water partition coefficient (Wildman–Crippen LogP) is 4.02. The van der Waals surface area contributed by atoms with E-state index in [1.807, 2.05) is 34.6 Å². The van der Waals surface area contributed by atoms with Crippen molar-refractivity contribution in [1.29, 1.82) is 0 Å². The first-order chi connectivity index (χ1) is 21.6. The lowest BCUT2D eigenvalue weighted by molar-refractivity contribution is -0.142. The zero-order chi connectivity index (χ0) is 34.4. The number of carboxylic acids is 2. The molecule has 0 saturated heterocycles. The second-order valence-corrected chi connectivity index (χ2v) is 12.7. The fourth-order valence-electron chi connectivity index (χ4n) is 4.58. The number of amides is 4. The van der Waals surface area contributed by atoms with Crippen molar-refractivity contribution in [3.63, 3.8) is 0 Å². The largest absolute Gasteiger partial charge is 0.497 e. The summed E-state index contributed by atoms with van der Waals surface area (Å²) in [5, 5.41) is 32.7. The molecule has 3 unspecified atom stereocenters. The Labute approximate surface area is 269 Å². The molecule has 46 heavy (non-hydrogen) atoms. The Bertz CT molecular complexity index is 1320. The normalized spacial score (nSPS) is 13.2. The second-order valence-electron chi connectivity index (χ2n) is 12.7. The summed E-state index contributed by atoms with van der Waals surface area (Å²) in [6, 6.07) is 10.8. The summed E-state index contributed by atoms with van der Waals surface area (Å²) in [5.41, 5.74) is 1.43. The highest BCUT2D eigenvalue weighted by atomic mass is 16.5. The third-order valence-corrected chi connectivity index (χ3v) is 6.84. The molecule has 2 rings (SSSR count). The molecule has 252 valence electrons. The van der Waals surface area contributed by atoms with E-state index < -0.39 is 41.9 Å². The topological polar surface area (TPSA) is 195 Å². The van der Waals surface area contributed by atoms with Crippen molar-refractivity contribution in [2.24, 2.45) is 11.3 Å². The van der Waals surface area contributed by atoms with E-state index in [0.29, 0.717) is 29.1 Å². The molecule has 0 bridgehead atoms. The van der Waals surface area contributed by atoms with Gasteiger partial charge in [0.25, 0.3) is 0 Å². The van der Waals surface area contributed by atoms with Crippen LogP contribution in [0.15, 0.2) is 48.5 Å². The number of carboxylic acid groups (broad SMARTS) is 2. The number of carbonyl (C=O) groups excluding carboxylic acids is 3. The quantitative estimate of drug-likeness (QED) is 0.125. The number of benzene rings is 2. The lowest BCUT2D eigenvalue weighted by atomic mass is 9.89. The molecule has 0 heterocycles. The smallest absolute Gasteiger partial charge is 0.327 e. The number of carbonyl (C=O) groups is 5. The van der Waals surface area contributed by atoms with Gasteiger partial charge in [0.2, 0.25) is 11.8 Å². The van der Waals surface area contributed by atoms with Crippen LogP contribution < -0.4 is 31.3 Å². The monoisotopic (exact) mass is 641 g/mol. The molecule has 2 aromatic rings. The summed E-state index contributed by atoms with van der Waals surface area (Å²) < 4.78 is 5.11. The summed E-state index contributed by atoms with van der Waals surface area (Å²) in [7, 11) is 1.55. The molecule has 2 aromatic carbocycles. The van der Waals surface area contributed by atoms with Crippen LogP contribution in [-0.4, -0.2) is 72.3 Å². The van der Waals surface area contributed by atoms with E-state index in [0.717, 1.165) is 0 Å². The van der Waals surface area contributed by atoms with E-state index in [9.17, 15) is 34.2 Å². The number of rotatable bonds is 17. The van der Waals surface area contributed by atoms with Gasteiger partial charge in [-0.3, -0.25) is 9.59 Å². The van der Waals surface area contributed by atoms with E-state index in [1.54, 1.807) is 55.6 Å². The second kappa shape index (κ2) is 17.7. The number of methoxy groups -OCH3 is 1. The standard InChI is InChI=1S/C33H47N5O8/c1-20(2)17-25(21-7-9-22(10-8-21)35-32(45)36-23-11-13-24(46-6)14-12-23)29(40)38-27(31(43)44)19-34-16-15-26(30(41)42)37-28(39)18-33(3,4)5/h7-14,20,25-27,34H,15-19H2,1-6H3,(H,37,39)(H,38,40)(H,41,42)(H,43,44)(H2,35,36,45). The maximum absolute atomic E-state index is 13.4. The van der Waals surface area contributed by atoms with E-state index in [2.05, 4.69) is 26.6 Å². The van der Waals surface area contributed by atoms with Crippen LogP contribution >= 0.6 is 0 Å². The average Bonchev–Trinajstić information content (AvgIpc) is 2.96. The van der Waals surface area contributed by atoms with Crippen LogP contribution in [0.25, 0.3) is 0 Å². The molecular formula is C33H47N5O8. The predicted molar refractivity (Wildman–Crippen MR) is 175 cm³/mol. The zero-order valence-electron chi connectivity index (χ0n) is 27.3. The number of ether oxygens (including phenoxy) is 1. The molecule has 4 amide bonds. The minimum absolute atomic E-state index is 0.0278. The Kier molecular flexibility index (Phi) is 14.5. The van der Waals surface area contributed by atoms with Gasteiger partial charge in [0.05, 0.1) is 13.0 Å². The van der Waals surface area contributed by atoms with Crippen molar-refractivity contribution in [3.05, 3.63) is 54.1 Å². The van der Waals surface area contributed by atoms with Crippen LogP contribution in [0.2, 0.25) is 0 Å². The Morgan fingerprint density at radius 1 is 0.804 bits per heavy atom. The fourth-order valence-corrected chi connectivity index (χ4v) is 4.58. The molecule has 3 atom stereocenters. The van der Waals surface area contributed by atoms with Gasteiger partial charge in [0, 0.05) is 24.3 Å². The molecule has 0 aliphatic heterocycles. The van der Waals surface area contributed by atoms with Gasteiger partial charge in [-0.25, -0.2) is 14.4 Å². The number of aliphatic carboxylic acids is 2. The Balaban J connectivity index is 1.98. The van der Waals surface area contributed by atoms with Crippen LogP contribution in [0.3, 0.4) is 0 Å². The molecule has 0 saturated carbocycles. The minimum Gasteiger partial charge on any atom is -0.497 e. The van der Waals surface area contributed by atoms with Gasteiger partial charge in [0.1, 0.15) is 17.8 Å². The highest BCUT2D eigenvalue weighted by molar-refractivity contribution is 5.99. The third kappa shape index (κ3) is 13.6. The van der Waals surface area contributed by atoms with Crippen molar-refractivity contribution >= 4 is 41.2 Å². The third-order valence-electron chi connectivity index (χ3n) is 6.84. The first kappa shape index (κ1) is 37.5. The van der Waals surface area contributed by atoms with Crippen molar-refractivity contribution in [2.45, 2.75) is 71.9 Å². The van der Waals surface area contributed by atoms with Gasteiger partial charge in [0.15, 0.2) is 0 Å². The zero-order valence-corrected chi connectivity index (χ0v) is 27.3. The number of urea groups is 1. The summed E-state index contributed by atoms with van der Waals surface area (Å²) in [4.78, 5) is 61.6. The van der Waals surface area contributed by atoms with Gasteiger partial charge < -0.3 is 41.5 Å². The molecule has 13 heteroatoms. The number of hydrogen-bond donors (Lipinski definition) is 7. The molecule has 0 radical (unpaired) electrons. The summed E-state index contributed by atoms with van der Waals surface area (Å²) >= 11 is 0. The summed E-state index contributed by atoms with van der Waals surface area (Å²) in [5.74, 6) is -3.17. The van der Waals surface area contributed by atoms with Gasteiger partial charge >= 0.3 is 18.0 Å². The molecule has 13 nitrogen and oxygen atoms in total. The summed E-state index contributed by atoms with van der Waals surface area (Å²) in [6.07, 6.45) is 0.638. The van der Waals surface area contributed by atoms with E-state index in [4.69, 9.17) is 4.74 Å². The highest BCUT2D eigenvalue weighted by Gasteiger charge is 2.28. The van der Waals surface area contributed by atoms with Crippen LogP contribution in [0.5, 0.6) is 5.75 Å². The highest BCUT2D eigenvalue weighted by Crippen LogP contribution is 2.26. The maximum atomic E-state index is 13.4. The molecular weight excluding hydrogens is 594 g/mol. The summed E-state index contributed by atoms with van der Waals surface area (Å²) in [6.45, 7) is 9.47. The van der Waals surface area contributed by atoms with Gasteiger partial charge in [-0.2, -0.15) is 0 Å². The lowest BCUT2D eigenvalue weighted by Crippen LogP contribution is -2.49. The Hall–Kier alpha value is -4.65.